The van der Waals surface area contributed by atoms with E-state index in [0.29, 0.717) is 6.42 Å². The number of carbonyl (C=O) groups excluding carboxylic acids is 1. The Morgan fingerprint density at radius 2 is 1.11 bits per heavy atom. The molecule has 28 heavy (non-hydrogen) atoms. The van der Waals surface area contributed by atoms with Crippen LogP contribution in [0.5, 0.6) is 0 Å². The molecule has 8 heteroatoms. The zero-order valence-electron chi connectivity index (χ0n) is 16.7. The van der Waals surface area contributed by atoms with E-state index >= 15 is 0 Å². The minimum absolute atomic E-state index is 0.151. The fourth-order valence-corrected chi connectivity index (χ4v) is 3.01. The summed E-state index contributed by atoms with van der Waals surface area (Å²) in [5, 5.41) is 26.9. The van der Waals surface area contributed by atoms with E-state index in [2.05, 4.69) is 6.92 Å². The van der Waals surface area contributed by atoms with Gasteiger partial charge in [-0.25, -0.2) is 0 Å². The first-order chi connectivity index (χ1) is 13.3. The largest absolute Gasteiger partial charge is 0.481 e. The molecule has 162 valence electrons. The van der Waals surface area contributed by atoms with Crippen LogP contribution < -0.4 is 0 Å². The van der Waals surface area contributed by atoms with Crippen molar-refractivity contribution in [3.05, 3.63) is 0 Å². The highest BCUT2D eigenvalue weighted by molar-refractivity contribution is 5.86. The topological polar surface area (TPSA) is 138 Å². The minimum atomic E-state index is -1.68. The molecule has 0 aliphatic heterocycles. The molecule has 0 bridgehead atoms. The second-order valence-corrected chi connectivity index (χ2v) is 7.09. The van der Waals surface area contributed by atoms with Crippen LogP contribution in [0.1, 0.15) is 84.0 Å². The molecular weight excluding hydrogens is 368 g/mol. The maximum Gasteiger partial charge on any atom is 0.307 e. The van der Waals surface area contributed by atoms with Gasteiger partial charge in [-0.15, -0.1) is 0 Å². The van der Waals surface area contributed by atoms with Crippen LogP contribution in [0.4, 0.5) is 0 Å². The van der Waals surface area contributed by atoms with E-state index in [-0.39, 0.29) is 6.61 Å². The van der Waals surface area contributed by atoms with Crippen LogP contribution in [0.25, 0.3) is 0 Å². The van der Waals surface area contributed by atoms with E-state index in [4.69, 9.17) is 20.1 Å². The van der Waals surface area contributed by atoms with Crippen molar-refractivity contribution in [2.45, 2.75) is 84.0 Å². The number of carbonyl (C=O) groups is 4. The second kappa shape index (κ2) is 15.9. The van der Waals surface area contributed by atoms with Crippen molar-refractivity contribution in [3.8, 4) is 0 Å². The Labute approximate surface area is 166 Å². The van der Waals surface area contributed by atoms with Crippen molar-refractivity contribution < 1.29 is 39.2 Å². The van der Waals surface area contributed by atoms with E-state index in [1.807, 2.05) is 0 Å². The van der Waals surface area contributed by atoms with Gasteiger partial charge in [-0.1, -0.05) is 64.7 Å². The van der Waals surface area contributed by atoms with Crippen LogP contribution in [0, 0.1) is 11.8 Å². The summed E-state index contributed by atoms with van der Waals surface area (Å²) in [6.45, 7) is 2.34. The van der Waals surface area contributed by atoms with Crippen LogP contribution >= 0.6 is 0 Å². The third-order valence-corrected chi connectivity index (χ3v) is 4.66. The van der Waals surface area contributed by atoms with Crippen LogP contribution in [0.2, 0.25) is 0 Å². The third-order valence-electron chi connectivity index (χ3n) is 4.66. The molecule has 0 rings (SSSR count). The van der Waals surface area contributed by atoms with Gasteiger partial charge in [0.25, 0.3) is 0 Å². The average Bonchev–Trinajstić information content (AvgIpc) is 2.62. The van der Waals surface area contributed by atoms with Gasteiger partial charge in [0, 0.05) is 0 Å². The maximum atomic E-state index is 11.8. The number of ether oxygens (including phenoxy) is 1. The van der Waals surface area contributed by atoms with Gasteiger partial charge in [-0.3, -0.25) is 19.2 Å². The Hall–Kier alpha value is -2.12. The number of aliphatic carboxylic acids is 3. The first kappa shape index (κ1) is 25.9. The van der Waals surface area contributed by atoms with Gasteiger partial charge >= 0.3 is 23.9 Å². The fraction of sp³-hybridized carbons (Fsp3) is 0.800. The molecule has 0 aliphatic carbocycles. The molecular formula is C20H34O8. The Morgan fingerprint density at radius 3 is 1.54 bits per heavy atom. The normalized spacial score (nSPS) is 12.9. The zero-order valence-corrected chi connectivity index (χ0v) is 16.7. The quantitative estimate of drug-likeness (QED) is 0.233. The van der Waals surface area contributed by atoms with Crippen LogP contribution in [-0.4, -0.2) is 45.8 Å². The molecule has 0 heterocycles. The van der Waals surface area contributed by atoms with Gasteiger partial charge in [0.15, 0.2) is 0 Å². The van der Waals surface area contributed by atoms with Crippen molar-refractivity contribution >= 4 is 23.9 Å². The highest BCUT2D eigenvalue weighted by Crippen LogP contribution is 2.22. The Bertz CT molecular complexity index is 489. The van der Waals surface area contributed by atoms with Crippen molar-refractivity contribution in [1.29, 1.82) is 0 Å². The van der Waals surface area contributed by atoms with Crippen LogP contribution in [-0.2, 0) is 23.9 Å². The van der Waals surface area contributed by atoms with E-state index in [1.165, 1.54) is 38.5 Å². The number of hydrogen-bond donors (Lipinski definition) is 3. The first-order valence-corrected chi connectivity index (χ1v) is 10.1. The number of carboxylic acid groups (broad SMARTS) is 3. The molecule has 0 aliphatic rings. The van der Waals surface area contributed by atoms with E-state index in [1.54, 1.807) is 0 Å². The molecule has 2 unspecified atom stereocenters. The molecule has 0 amide bonds. The predicted molar refractivity (Wildman–Crippen MR) is 102 cm³/mol. The van der Waals surface area contributed by atoms with Crippen molar-refractivity contribution in [3.63, 3.8) is 0 Å². The number of unbranched alkanes of at least 4 members (excludes halogenated alkanes) is 9. The van der Waals surface area contributed by atoms with Crippen molar-refractivity contribution in [2.75, 3.05) is 6.61 Å². The summed E-state index contributed by atoms with van der Waals surface area (Å²) in [5.74, 6) is -8.65. The van der Waals surface area contributed by atoms with Gasteiger partial charge in [0.05, 0.1) is 31.3 Å². The van der Waals surface area contributed by atoms with Gasteiger partial charge in [-0.05, 0) is 6.42 Å². The lowest BCUT2D eigenvalue weighted by molar-refractivity contribution is -0.161. The van der Waals surface area contributed by atoms with E-state index < -0.39 is 48.6 Å². The molecule has 0 radical (unpaired) electrons. The Morgan fingerprint density at radius 1 is 0.679 bits per heavy atom. The monoisotopic (exact) mass is 402 g/mol. The van der Waals surface area contributed by atoms with Crippen LogP contribution in [0.15, 0.2) is 0 Å². The molecule has 3 N–H and O–H groups in total. The average molecular weight is 402 g/mol. The summed E-state index contributed by atoms with van der Waals surface area (Å²) in [6, 6.07) is 0. The summed E-state index contributed by atoms with van der Waals surface area (Å²) in [5.41, 5.74) is 0. The number of rotatable bonds is 18. The molecule has 0 aromatic carbocycles. The second-order valence-electron chi connectivity index (χ2n) is 7.09. The van der Waals surface area contributed by atoms with Gasteiger partial charge in [-0.2, -0.15) is 0 Å². The highest BCUT2D eigenvalue weighted by atomic mass is 16.5. The van der Waals surface area contributed by atoms with Gasteiger partial charge in [0.2, 0.25) is 0 Å². The maximum absolute atomic E-state index is 11.8. The smallest absolute Gasteiger partial charge is 0.307 e. The SMILES string of the molecule is CCCCCCCCCCCCOC(=O)CC(C(=O)O)C(CC(=O)O)C(=O)O. The van der Waals surface area contributed by atoms with Gasteiger partial charge in [0.1, 0.15) is 0 Å². The molecule has 0 aromatic rings. The minimum Gasteiger partial charge on any atom is -0.481 e. The lowest BCUT2D eigenvalue weighted by Gasteiger charge is -2.18. The standard InChI is InChI=1S/C20H34O8/c1-2-3-4-5-6-7-8-9-10-11-12-28-18(23)14-16(20(26)27)15(19(24)25)13-17(21)22/h15-16H,2-14H2,1H3,(H,21,22)(H,24,25)(H,26,27). The number of hydrogen-bond acceptors (Lipinski definition) is 5. The summed E-state index contributed by atoms with van der Waals surface area (Å²) in [7, 11) is 0. The highest BCUT2D eigenvalue weighted by Gasteiger charge is 2.37. The molecule has 0 saturated heterocycles. The fourth-order valence-electron chi connectivity index (χ4n) is 3.01. The van der Waals surface area contributed by atoms with Crippen LogP contribution in [0.3, 0.4) is 0 Å². The van der Waals surface area contributed by atoms with E-state index in [0.717, 1.165) is 19.3 Å². The Kier molecular flexibility index (Phi) is 14.7. The predicted octanol–water partition coefficient (Wildman–Crippen LogP) is 3.72. The summed E-state index contributed by atoms with van der Waals surface area (Å²) < 4.78 is 4.99. The summed E-state index contributed by atoms with van der Waals surface area (Å²) in [4.78, 5) is 44.9. The molecule has 0 spiro atoms. The number of esters is 1. The van der Waals surface area contributed by atoms with Gasteiger partial charge < -0.3 is 20.1 Å². The molecule has 8 nitrogen and oxygen atoms in total. The zero-order chi connectivity index (χ0) is 21.4. The molecule has 0 saturated carbocycles. The lowest BCUT2D eigenvalue weighted by atomic mass is 9.87. The lowest BCUT2D eigenvalue weighted by Crippen LogP contribution is -2.33. The van der Waals surface area contributed by atoms with E-state index in [9.17, 15) is 19.2 Å². The van der Waals surface area contributed by atoms with Crippen molar-refractivity contribution in [1.82, 2.24) is 0 Å². The first-order valence-electron chi connectivity index (χ1n) is 10.1. The molecule has 2 atom stereocenters. The molecule has 0 aromatic heterocycles. The summed E-state index contributed by atoms with van der Waals surface area (Å²) >= 11 is 0. The third kappa shape index (κ3) is 13.1. The molecule has 0 fully saturated rings. The number of carboxylic acids is 3. The van der Waals surface area contributed by atoms with Crippen molar-refractivity contribution in [2.24, 2.45) is 11.8 Å². The summed E-state index contributed by atoms with van der Waals surface area (Å²) in [6.07, 6.45) is 9.76. The Balaban J connectivity index is 4.03.